The van der Waals surface area contributed by atoms with Crippen LogP contribution in [-0.4, -0.2) is 6.29 Å². The van der Waals surface area contributed by atoms with E-state index in [2.05, 4.69) is 37.3 Å². The average Bonchev–Trinajstić information content (AvgIpc) is 2.37. The molecular formula is C18H22O. The molecule has 0 saturated heterocycles. The Morgan fingerprint density at radius 3 is 2.53 bits per heavy atom. The molecule has 4 unspecified atom stereocenters. The van der Waals surface area contributed by atoms with Gasteiger partial charge in [0.2, 0.25) is 0 Å². The molecule has 0 heterocycles. The zero-order chi connectivity index (χ0) is 13.1. The Bertz CT molecular complexity index is 522. The predicted octanol–water partition coefficient (Wildman–Crippen LogP) is 4.11. The number of rotatable bonds is 2. The molecule has 4 saturated carbocycles. The first-order valence-corrected chi connectivity index (χ1v) is 7.59. The molecule has 1 aromatic rings. The van der Waals surface area contributed by atoms with Gasteiger partial charge in [0.25, 0.3) is 0 Å². The Labute approximate surface area is 115 Å². The van der Waals surface area contributed by atoms with Gasteiger partial charge in [-0.05, 0) is 60.8 Å². The van der Waals surface area contributed by atoms with E-state index in [1.54, 1.807) is 0 Å². The third-order valence-electron chi connectivity index (χ3n) is 6.03. The van der Waals surface area contributed by atoms with Crippen LogP contribution in [0.5, 0.6) is 0 Å². The van der Waals surface area contributed by atoms with Crippen LogP contribution < -0.4 is 0 Å². The van der Waals surface area contributed by atoms with E-state index in [0.29, 0.717) is 5.41 Å². The van der Waals surface area contributed by atoms with Gasteiger partial charge >= 0.3 is 0 Å². The molecule has 0 radical (unpaired) electrons. The van der Waals surface area contributed by atoms with Gasteiger partial charge in [-0.3, -0.25) is 0 Å². The zero-order valence-electron chi connectivity index (χ0n) is 11.7. The zero-order valence-corrected chi connectivity index (χ0v) is 11.7. The minimum absolute atomic E-state index is 0.00991. The SMILES string of the molecule is CC12CC3CC(C=O)(C1)CC(c1ccccc1)(C3)C2. The van der Waals surface area contributed by atoms with Gasteiger partial charge in [0.05, 0.1) is 0 Å². The smallest absolute Gasteiger partial charge is 0.126 e. The summed E-state index contributed by atoms with van der Waals surface area (Å²) < 4.78 is 0. The lowest BCUT2D eigenvalue weighted by Gasteiger charge is -2.65. The van der Waals surface area contributed by atoms with Crippen molar-refractivity contribution in [3.05, 3.63) is 35.9 Å². The molecule has 100 valence electrons. The fourth-order valence-corrected chi connectivity index (χ4v) is 6.25. The molecule has 1 nitrogen and oxygen atoms in total. The molecule has 4 bridgehead atoms. The highest BCUT2D eigenvalue weighted by Crippen LogP contribution is 2.69. The molecule has 0 N–H and O–H groups in total. The summed E-state index contributed by atoms with van der Waals surface area (Å²) in [5.74, 6) is 0.770. The van der Waals surface area contributed by atoms with Crippen LogP contribution in [0.25, 0.3) is 0 Å². The first-order valence-electron chi connectivity index (χ1n) is 7.59. The largest absolute Gasteiger partial charge is 0.303 e. The third kappa shape index (κ3) is 1.57. The Hall–Kier alpha value is -1.11. The van der Waals surface area contributed by atoms with E-state index >= 15 is 0 Å². The topological polar surface area (TPSA) is 17.1 Å². The maximum Gasteiger partial charge on any atom is 0.126 e. The lowest BCUT2D eigenvalue weighted by molar-refractivity contribution is -0.145. The molecule has 5 rings (SSSR count). The lowest BCUT2D eigenvalue weighted by atomic mass is 9.39. The van der Waals surface area contributed by atoms with Crippen molar-refractivity contribution in [2.75, 3.05) is 0 Å². The number of benzene rings is 1. The molecule has 1 heteroatoms. The minimum atomic E-state index is -0.00991. The Morgan fingerprint density at radius 2 is 1.84 bits per heavy atom. The van der Waals surface area contributed by atoms with Crippen LogP contribution in [0.3, 0.4) is 0 Å². The van der Waals surface area contributed by atoms with Gasteiger partial charge in [-0.2, -0.15) is 0 Å². The molecule has 1 aromatic carbocycles. The summed E-state index contributed by atoms with van der Waals surface area (Å²) in [5.41, 5.74) is 2.16. The normalized spacial score (nSPS) is 47.3. The maximum absolute atomic E-state index is 11.8. The van der Waals surface area contributed by atoms with Gasteiger partial charge in [-0.1, -0.05) is 37.3 Å². The highest BCUT2D eigenvalue weighted by Gasteiger charge is 2.62. The molecule has 4 fully saturated rings. The second-order valence-corrected chi connectivity index (χ2v) is 7.95. The second-order valence-electron chi connectivity index (χ2n) is 7.95. The standard InChI is InChI=1S/C18H22O/c1-16-7-14-8-17(10-16,13-19)12-18(9-14,11-16)15-5-3-2-4-6-15/h2-6,13-14H,7-12H2,1H3. The first kappa shape index (κ1) is 11.7. The van der Waals surface area contributed by atoms with Crippen LogP contribution in [0.4, 0.5) is 0 Å². The monoisotopic (exact) mass is 254 g/mol. The van der Waals surface area contributed by atoms with E-state index in [4.69, 9.17) is 0 Å². The van der Waals surface area contributed by atoms with Crippen molar-refractivity contribution < 1.29 is 4.79 Å². The highest BCUT2D eigenvalue weighted by atomic mass is 16.1. The average molecular weight is 254 g/mol. The molecule has 0 amide bonds. The Morgan fingerprint density at radius 1 is 1.05 bits per heavy atom. The fourth-order valence-electron chi connectivity index (χ4n) is 6.25. The van der Waals surface area contributed by atoms with Crippen LogP contribution in [0.2, 0.25) is 0 Å². The Kier molecular flexibility index (Phi) is 2.16. The summed E-state index contributed by atoms with van der Waals surface area (Å²) in [4.78, 5) is 11.8. The van der Waals surface area contributed by atoms with Gasteiger partial charge in [0.15, 0.2) is 0 Å². The van der Waals surface area contributed by atoms with Gasteiger partial charge in [-0.15, -0.1) is 0 Å². The van der Waals surface area contributed by atoms with Crippen LogP contribution >= 0.6 is 0 Å². The summed E-state index contributed by atoms with van der Waals surface area (Å²) in [6, 6.07) is 11.0. The molecule has 0 spiro atoms. The molecule has 4 atom stereocenters. The lowest BCUT2D eigenvalue weighted by Crippen LogP contribution is -2.58. The molecule has 19 heavy (non-hydrogen) atoms. The van der Waals surface area contributed by atoms with Crippen molar-refractivity contribution >= 4 is 6.29 Å². The Balaban J connectivity index is 1.84. The second kappa shape index (κ2) is 3.50. The summed E-state index contributed by atoms with van der Waals surface area (Å²) >= 11 is 0. The molecule has 4 aliphatic rings. The summed E-state index contributed by atoms with van der Waals surface area (Å²) in [6.07, 6.45) is 8.64. The quantitative estimate of drug-likeness (QED) is 0.726. The minimum Gasteiger partial charge on any atom is -0.303 e. The van der Waals surface area contributed by atoms with E-state index in [1.165, 1.54) is 31.1 Å². The van der Waals surface area contributed by atoms with Crippen molar-refractivity contribution in [1.29, 1.82) is 0 Å². The fraction of sp³-hybridized carbons (Fsp3) is 0.611. The van der Waals surface area contributed by atoms with E-state index in [-0.39, 0.29) is 10.8 Å². The van der Waals surface area contributed by atoms with Gasteiger partial charge in [0, 0.05) is 5.41 Å². The summed E-state index contributed by atoms with van der Waals surface area (Å²) in [6.45, 7) is 2.42. The van der Waals surface area contributed by atoms with E-state index in [0.717, 1.165) is 25.2 Å². The number of hydrogen-bond donors (Lipinski definition) is 0. The van der Waals surface area contributed by atoms with Crippen LogP contribution in [0.15, 0.2) is 30.3 Å². The number of hydrogen-bond acceptors (Lipinski definition) is 1. The van der Waals surface area contributed by atoms with Crippen molar-refractivity contribution in [2.45, 2.75) is 50.9 Å². The van der Waals surface area contributed by atoms with E-state index in [1.807, 2.05) is 0 Å². The maximum atomic E-state index is 11.8. The van der Waals surface area contributed by atoms with Crippen LogP contribution in [-0.2, 0) is 10.2 Å². The molecule has 4 aliphatic carbocycles. The van der Waals surface area contributed by atoms with E-state index < -0.39 is 0 Å². The van der Waals surface area contributed by atoms with Crippen molar-refractivity contribution in [3.8, 4) is 0 Å². The van der Waals surface area contributed by atoms with Crippen LogP contribution in [0.1, 0.15) is 51.0 Å². The predicted molar refractivity (Wildman–Crippen MR) is 75.9 cm³/mol. The van der Waals surface area contributed by atoms with Crippen molar-refractivity contribution in [1.82, 2.24) is 0 Å². The third-order valence-corrected chi connectivity index (χ3v) is 6.03. The van der Waals surface area contributed by atoms with Gasteiger partial charge in [0.1, 0.15) is 6.29 Å². The molecule has 0 aromatic heterocycles. The van der Waals surface area contributed by atoms with Gasteiger partial charge < -0.3 is 4.79 Å². The van der Waals surface area contributed by atoms with Crippen molar-refractivity contribution in [2.24, 2.45) is 16.7 Å². The number of aldehydes is 1. The molecular weight excluding hydrogens is 232 g/mol. The number of carbonyl (C=O) groups is 1. The first-order chi connectivity index (χ1) is 9.07. The van der Waals surface area contributed by atoms with Gasteiger partial charge in [-0.25, -0.2) is 0 Å². The highest BCUT2D eigenvalue weighted by molar-refractivity contribution is 5.62. The summed E-state index contributed by atoms with van der Waals surface area (Å²) in [5, 5.41) is 0. The van der Waals surface area contributed by atoms with Crippen LogP contribution in [0, 0.1) is 16.7 Å². The molecule has 0 aliphatic heterocycles. The summed E-state index contributed by atoms with van der Waals surface area (Å²) in [7, 11) is 0. The van der Waals surface area contributed by atoms with E-state index in [9.17, 15) is 4.79 Å². The number of carbonyl (C=O) groups excluding carboxylic acids is 1. The van der Waals surface area contributed by atoms with Crippen molar-refractivity contribution in [3.63, 3.8) is 0 Å².